The van der Waals surface area contributed by atoms with Crippen molar-refractivity contribution in [3.8, 4) is 0 Å². The zero-order chi connectivity index (χ0) is 12.6. The molecular weight excluding hydrogens is 237 g/mol. The molecule has 1 aromatic rings. The maximum atomic E-state index is 10.7. The van der Waals surface area contributed by atoms with Gasteiger partial charge < -0.3 is 0 Å². The van der Waals surface area contributed by atoms with Crippen LogP contribution in [0.2, 0.25) is 0 Å². The lowest BCUT2D eigenvalue weighted by Crippen LogP contribution is -1.98. The Bertz CT molecular complexity index is 325. The third-order valence-corrected chi connectivity index (χ3v) is 1.91. The van der Waals surface area contributed by atoms with E-state index >= 15 is 0 Å². The highest BCUT2D eigenvalue weighted by molar-refractivity contribution is 6.17. The van der Waals surface area contributed by atoms with Crippen molar-refractivity contribution >= 4 is 17.7 Å². The minimum Gasteiger partial charge on any atom is -0.167 e. The molecule has 0 N–H and O–H groups in total. The van der Waals surface area contributed by atoms with Gasteiger partial charge in [0.15, 0.2) is 0 Å². The lowest BCUT2D eigenvalue weighted by atomic mass is 10.1. The molecular formula is C12H12ClF3. The molecule has 0 fully saturated rings. The zero-order valence-electron chi connectivity index (χ0n) is 8.60. The molecule has 0 aromatic heterocycles. The van der Waals surface area contributed by atoms with Crippen LogP contribution in [0.15, 0.2) is 43.5 Å². The standard InChI is InChI=1S/C9H9Cl.C3H3F3/c1-2-8-3-5-9(7-10)6-4-8;1-2-3(4,5)6/h2-6H,1,7H2;2H,1H2. The van der Waals surface area contributed by atoms with Gasteiger partial charge in [0.05, 0.1) is 0 Å². The van der Waals surface area contributed by atoms with Crippen LogP contribution in [0.25, 0.3) is 6.08 Å². The Morgan fingerprint density at radius 3 is 1.81 bits per heavy atom. The molecule has 0 saturated heterocycles. The second-order valence-corrected chi connectivity index (χ2v) is 3.09. The molecule has 0 radical (unpaired) electrons. The minimum atomic E-state index is -4.19. The van der Waals surface area contributed by atoms with E-state index in [1.54, 1.807) is 0 Å². The van der Waals surface area contributed by atoms with E-state index in [1.165, 1.54) is 0 Å². The topological polar surface area (TPSA) is 0 Å². The van der Waals surface area contributed by atoms with Crippen molar-refractivity contribution in [1.29, 1.82) is 0 Å². The molecule has 16 heavy (non-hydrogen) atoms. The molecule has 0 aliphatic carbocycles. The lowest BCUT2D eigenvalue weighted by Gasteiger charge is -1.94. The molecule has 0 aliphatic heterocycles. The minimum absolute atomic E-state index is 0.0625. The normalized spacial score (nSPS) is 10.0. The summed E-state index contributed by atoms with van der Waals surface area (Å²) >= 11 is 5.60. The monoisotopic (exact) mass is 248 g/mol. The van der Waals surface area contributed by atoms with Crippen LogP contribution in [0.5, 0.6) is 0 Å². The van der Waals surface area contributed by atoms with Gasteiger partial charge in [-0.2, -0.15) is 13.2 Å². The van der Waals surface area contributed by atoms with E-state index in [0.717, 1.165) is 11.1 Å². The summed E-state index contributed by atoms with van der Waals surface area (Å²) in [4.78, 5) is 0. The van der Waals surface area contributed by atoms with Gasteiger partial charge in [-0.05, 0) is 11.1 Å². The number of hydrogen-bond acceptors (Lipinski definition) is 0. The molecule has 0 amide bonds. The Hall–Kier alpha value is -1.22. The van der Waals surface area contributed by atoms with Gasteiger partial charge in [0.25, 0.3) is 0 Å². The van der Waals surface area contributed by atoms with Crippen molar-refractivity contribution in [2.75, 3.05) is 0 Å². The highest BCUT2D eigenvalue weighted by Crippen LogP contribution is 2.13. The maximum absolute atomic E-state index is 10.7. The Morgan fingerprint density at radius 2 is 1.56 bits per heavy atom. The second kappa shape index (κ2) is 7.12. The number of allylic oxidation sites excluding steroid dienone is 1. The first-order chi connectivity index (χ1) is 7.42. The maximum Gasteiger partial charge on any atom is 0.409 e. The number of halogens is 4. The number of benzene rings is 1. The van der Waals surface area contributed by atoms with Crippen molar-refractivity contribution < 1.29 is 13.2 Å². The summed E-state index contributed by atoms with van der Waals surface area (Å²) in [5, 5.41) is 0. The van der Waals surface area contributed by atoms with Crippen LogP contribution in [0, 0.1) is 0 Å². The summed E-state index contributed by atoms with van der Waals surface area (Å²) in [5.74, 6) is 0.581. The van der Waals surface area contributed by atoms with Crippen molar-refractivity contribution in [1.82, 2.24) is 0 Å². The fourth-order valence-electron chi connectivity index (χ4n) is 0.743. The molecule has 0 nitrogen and oxygen atoms in total. The van der Waals surface area contributed by atoms with E-state index in [2.05, 4.69) is 13.2 Å². The number of rotatable bonds is 2. The number of hydrogen-bond donors (Lipinski definition) is 0. The van der Waals surface area contributed by atoms with Crippen molar-refractivity contribution in [3.05, 3.63) is 54.6 Å². The molecule has 1 rings (SSSR count). The van der Waals surface area contributed by atoms with E-state index in [1.807, 2.05) is 30.3 Å². The van der Waals surface area contributed by atoms with Gasteiger partial charge in [-0.25, -0.2) is 0 Å². The molecule has 88 valence electrons. The van der Waals surface area contributed by atoms with E-state index in [4.69, 9.17) is 11.6 Å². The molecule has 4 heteroatoms. The van der Waals surface area contributed by atoms with Crippen LogP contribution >= 0.6 is 11.6 Å². The zero-order valence-corrected chi connectivity index (χ0v) is 9.35. The van der Waals surface area contributed by atoms with Crippen LogP contribution in [-0.4, -0.2) is 6.18 Å². The van der Waals surface area contributed by atoms with Crippen LogP contribution in [0.1, 0.15) is 11.1 Å². The van der Waals surface area contributed by atoms with Gasteiger partial charge in [0, 0.05) is 12.0 Å². The van der Waals surface area contributed by atoms with Gasteiger partial charge in [0.1, 0.15) is 0 Å². The molecule has 0 bridgehead atoms. The van der Waals surface area contributed by atoms with Crippen LogP contribution in [0.3, 0.4) is 0 Å². The quantitative estimate of drug-likeness (QED) is 0.521. The Morgan fingerprint density at radius 1 is 1.12 bits per heavy atom. The summed E-state index contributed by atoms with van der Waals surface area (Å²) in [7, 11) is 0. The third kappa shape index (κ3) is 7.12. The summed E-state index contributed by atoms with van der Waals surface area (Å²) in [6.07, 6.45) is -2.44. The number of alkyl halides is 4. The average molecular weight is 249 g/mol. The highest BCUT2D eigenvalue weighted by atomic mass is 35.5. The molecule has 0 unspecified atom stereocenters. The van der Waals surface area contributed by atoms with Crippen LogP contribution < -0.4 is 0 Å². The Kier molecular flexibility index (Phi) is 6.58. The second-order valence-electron chi connectivity index (χ2n) is 2.83. The van der Waals surface area contributed by atoms with Crippen molar-refractivity contribution in [2.45, 2.75) is 12.1 Å². The van der Waals surface area contributed by atoms with Crippen molar-refractivity contribution in [2.24, 2.45) is 0 Å². The molecule has 0 heterocycles. The average Bonchev–Trinajstić information content (AvgIpc) is 2.29. The van der Waals surface area contributed by atoms with E-state index in [9.17, 15) is 13.2 Å². The Balaban J connectivity index is 0.000000325. The van der Waals surface area contributed by atoms with E-state index in [0.29, 0.717) is 5.88 Å². The fraction of sp³-hybridized carbons (Fsp3) is 0.167. The summed E-state index contributed by atoms with van der Waals surface area (Å²) in [6.45, 7) is 6.16. The largest absolute Gasteiger partial charge is 0.409 e. The van der Waals surface area contributed by atoms with Crippen molar-refractivity contribution in [3.63, 3.8) is 0 Å². The molecule has 0 aliphatic rings. The molecule has 0 saturated carbocycles. The molecule has 0 spiro atoms. The van der Waals surface area contributed by atoms with Gasteiger partial charge in [-0.3, -0.25) is 0 Å². The summed E-state index contributed by atoms with van der Waals surface area (Å²) < 4.78 is 32.0. The molecule has 0 atom stereocenters. The Labute approximate surface area is 98.0 Å². The van der Waals surface area contributed by atoms with Gasteiger partial charge in [-0.15, -0.1) is 11.6 Å². The van der Waals surface area contributed by atoms with E-state index < -0.39 is 6.18 Å². The van der Waals surface area contributed by atoms with Gasteiger partial charge in [-0.1, -0.05) is 43.5 Å². The van der Waals surface area contributed by atoms with Crippen LogP contribution in [0.4, 0.5) is 13.2 Å². The van der Waals surface area contributed by atoms with Gasteiger partial charge in [0.2, 0.25) is 0 Å². The lowest BCUT2D eigenvalue weighted by molar-refractivity contribution is -0.0795. The first-order valence-electron chi connectivity index (χ1n) is 4.40. The first-order valence-corrected chi connectivity index (χ1v) is 4.94. The summed E-state index contributed by atoms with van der Waals surface area (Å²) in [6, 6.07) is 8.02. The predicted octanol–water partition coefficient (Wildman–Crippen LogP) is 4.80. The SMILES string of the molecule is C=CC(F)(F)F.C=Cc1ccc(CCl)cc1. The van der Waals surface area contributed by atoms with E-state index in [-0.39, 0.29) is 6.08 Å². The summed E-state index contributed by atoms with van der Waals surface area (Å²) in [5.41, 5.74) is 2.28. The third-order valence-electron chi connectivity index (χ3n) is 1.60. The smallest absolute Gasteiger partial charge is 0.167 e. The first kappa shape index (κ1) is 14.8. The fourth-order valence-corrected chi connectivity index (χ4v) is 0.921. The van der Waals surface area contributed by atoms with Gasteiger partial charge >= 0.3 is 6.18 Å². The van der Waals surface area contributed by atoms with Crippen LogP contribution in [-0.2, 0) is 5.88 Å². The highest BCUT2D eigenvalue weighted by Gasteiger charge is 2.19. The molecule has 1 aromatic carbocycles. The predicted molar refractivity (Wildman–Crippen MR) is 62.3 cm³/mol.